The number of nitrogens with zero attached hydrogens (tertiary/aromatic N) is 2. The zero-order valence-corrected chi connectivity index (χ0v) is 12.4. The standard InChI is InChI=1S/C17H20N4/c1-17(2,9-8-13-6-4-3-5-7-13)21-16-14(11-18)10-15(19)12-20-16/h3-7,10,12H,8-9,19H2,1-2H3,(H,20,21). The summed E-state index contributed by atoms with van der Waals surface area (Å²) in [6, 6.07) is 14.1. The van der Waals surface area contributed by atoms with Crippen molar-refractivity contribution in [1.29, 1.82) is 5.26 Å². The molecule has 1 heterocycles. The van der Waals surface area contributed by atoms with Crippen molar-refractivity contribution in [3.05, 3.63) is 53.7 Å². The lowest BCUT2D eigenvalue weighted by Gasteiger charge is -2.27. The number of rotatable bonds is 5. The number of benzene rings is 1. The first-order valence-electron chi connectivity index (χ1n) is 6.98. The maximum absolute atomic E-state index is 9.16. The summed E-state index contributed by atoms with van der Waals surface area (Å²) < 4.78 is 0. The van der Waals surface area contributed by atoms with Crippen molar-refractivity contribution < 1.29 is 0 Å². The SMILES string of the molecule is CC(C)(CCc1ccccc1)Nc1ncc(N)cc1C#N. The number of nitrogen functional groups attached to an aromatic ring is 1. The van der Waals surface area contributed by atoms with Crippen molar-refractivity contribution in [2.75, 3.05) is 11.1 Å². The number of anilines is 2. The highest BCUT2D eigenvalue weighted by Gasteiger charge is 2.19. The fraction of sp³-hybridized carbons (Fsp3) is 0.294. The lowest BCUT2D eigenvalue weighted by molar-refractivity contribution is 0.516. The van der Waals surface area contributed by atoms with E-state index in [1.165, 1.54) is 5.56 Å². The zero-order chi connectivity index (χ0) is 15.3. The van der Waals surface area contributed by atoms with Gasteiger partial charge in [0.25, 0.3) is 0 Å². The third-order valence-corrected chi connectivity index (χ3v) is 3.37. The van der Waals surface area contributed by atoms with Gasteiger partial charge in [0, 0.05) is 5.54 Å². The van der Waals surface area contributed by atoms with E-state index in [9.17, 15) is 0 Å². The highest BCUT2D eigenvalue weighted by molar-refractivity contribution is 5.58. The summed E-state index contributed by atoms with van der Waals surface area (Å²) in [5.41, 5.74) is 7.78. The number of nitriles is 1. The van der Waals surface area contributed by atoms with E-state index in [1.54, 1.807) is 12.3 Å². The Morgan fingerprint density at radius 2 is 2.00 bits per heavy atom. The topological polar surface area (TPSA) is 74.7 Å². The zero-order valence-electron chi connectivity index (χ0n) is 12.4. The second-order valence-electron chi connectivity index (χ2n) is 5.77. The van der Waals surface area contributed by atoms with Crippen molar-refractivity contribution in [2.24, 2.45) is 0 Å². The first-order valence-corrected chi connectivity index (χ1v) is 6.98. The van der Waals surface area contributed by atoms with Crippen LogP contribution in [0.2, 0.25) is 0 Å². The molecule has 3 N–H and O–H groups in total. The second kappa shape index (κ2) is 6.27. The Balaban J connectivity index is 2.05. The molecule has 21 heavy (non-hydrogen) atoms. The van der Waals surface area contributed by atoms with Crippen molar-refractivity contribution in [3.63, 3.8) is 0 Å². The maximum atomic E-state index is 9.16. The molecule has 0 radical (unpaired) electrons. The maximum Gasteiger partial charge on any atom is 0.144 e. The van der Waals surface area contributed by atoms with Gasteiger partial charge in [-0.3, -0.25) is 0 Å². The van der Waals surface area contributed by atoms with Gasteiger partial charge in [-0.25, -0.2) is 4.98 Å². The molecule has 0 saturated heterocycles. The summed E-state index contributed by atoms with van der Waals surface area (Å²) in [5.74, 6) is 0.588. The van der Waals surface area contributed by atoms with Gasteiger partial charge >= 0.3 is 0 Å². The highest BCUT2D eigenvalue weighted by Crippen LogP contribution is 2.22. The molecule has 0 atom stereocenters. The largest absolute Gasteiger partial charge is 0.397 e. The molecule has 108 valence electrons. The number of nitrogens with one attached hydrogen (secondary N) is 1. The van der Waals surface area contributed by atoms with E-state index in [4.69, 9.17) is 11.0 Å². The molecule has 0 bridgehead atoms. The fourth-order valence-electron chi connectivity index (χ4n) is 2.15. The molecule has 1 aromatic heterocycles. The van der Waals surface area contributed by atoms with Crippen LogP contribution in [0, 0.1) is 11.3 Å². The van der Waals surface area contributed by atoms with Crippen LogP contribution in [-0.4, -0.2) is 10.5 Å². The molecule has 2 aromatic rings. The van der Waals surface area contributed by atoms with Crippen LogP contribution in [0.1, 0.15) is 31.4 Å². The first-order chi connectivity index (χ1) is 10.00. The van der Waals surface area contributed by atoms with Gasteiger partial charge in [-0.15, -0.1) is 0 Å². The summed E-state index contributed by atoms with van der Waals surface area (Å²) >= 11 is 0. The van der Waals surface area contributed by atoms with Crippen LogP contribution in [0.4, 0.5) is 11.5 Å². The van der Waals surface area contributed by atoms with Crippen LogP contribution < -0.4 is 11.1 Å². The molecule has 0 aliphatic rings. The molecule has 0 saturated carbocycles. The summed E-state index contributed by atoms with van der Waals surface area (Å²) in [4.78, 5) is 4.23. The summed E-state index contributed by atoms with van der Waals surface area (Å²) in [5, 5.41) is 12.5. The molecular formula is C17H20N4. The van der Waals surface area contributed by atoms with E-state index < -0.39 is 0 Å². The molecule has 0 aliphatic heterocycles. The average Bonchev–Trinajstić information content (AvgIpc) is 2.48. The van der Waals surface area contributed by atoms with E-state index in [2.05, 4.69) is 42.4 Å². The second-order valence-corrected chi connectivity index (χ2v) is 5.77. The molecule has 2 rings (SSSR count). The summed E-state index contributed by atoms with van der Waals surface area (Å²) in [6.07, 6.45) is 3.47. The number of aryl methyl sites for hydroxylation is 1. The van der Waals surface area contributed by atoms with E-state index in [1.807, 2.05) is 18.2 Å². The van der Waals surface area contributed by atoms with Gasteiger partial charge in [-0.05, 0) is 38.3 Å². The van der Waals surface area contributed by atoms with Crippen molar-refractivity contribution >= 4 is 11.5 Å². The smallest absolute Gasteiger partial charge is 0.144 e. The van der Waals surface area contributed by atoms with Crippen LogP contribution in [0.25, 0.3) is 0 Å². The number of nitrogens with two attached hydrogens (primary N) is 1. The molecular weight excluding hydrogens is 260 g/mol. The van der Waals surface area contributed by atoms with Gasteiger partial charge in [-0.1, -0.05) is 30.3 Å². The minimum atomic E-state index is -0.162. The predicted octanol–water partition coefficient (Wildman–Crippen LogP) is 3.36. The predicted molar refractivity (Wildman–Crippen MR) is 85.8 cm³/mol. The average molecular weight is 280 g/mol. The Morgan fingerprint density at radius 1 is 1.29 bits per heavy atom. The Morgan fingerprint density at radius 3 is 2.67 bits per heavy atom. The van der Waals surface area contributed by atoms with Gasteiger partial charge < -0.3 is 11.1 Å². The molecule has 0 unspecified atom stereocenters. The van der Waals surface area contributed by atoms with Crippen molar-refractivity contribution in [3.8, 4) is 6.07 Å². The summed E-state index contributed by atoms with van der Waals surface area (Å²) in [6.45, 7) is 4.21. The van der Waals surface area contributed by atoms with Gasteiger partial charge in [0.05, 0.1) is 17.4 Å². The van der Waals surface area contributed by atoms with Crippen molar-refractivity contribution in [2.45, 2.75) is 32.2 Å². The Hall–Kier alpha value is -2.54. The highest BCUT2D eigenvalue weighted by atomic mass is 15.0. The number of hydrogen-bond acceptors (Lipinski definition) is 4. The van der Waals surface area contributed by atoms with E-state index in [0.29, 0.717) is 17.1 Å². The number of hydrogen-bond donors (Lipinski definition) is 2. The van der Waals surface area contributed by atoms with Crippen LogP contribution in [0.15, 0.2) is 42.6 Å². The van der Waals surface area contributed by atoms with E-state index >= 15 is 0 Å². The van der Waals surface area contributed by atoms with Gasteiger partial charge in [0.1, 0.15) is 11.9 Å². The Labute approximate surface area is 125 Å². The van der Waals surface area contributed by atoms with Gasteiger partial charge in [-0.2, -0.15) is 5.26 Å². The van der Waals surface area contributed by atoms with E-state index in [-0.39, 0.29) is 5.54 Å². The van der Waals surface area contributed by atoms with Crippen LogP contribution in [0.5, 0.6) is 0 Å². The minimum absolute atomic E-state index is 0.162. The minimum Gasteiger partial charge on any atom is -0.397 e. The lowest BCUT2D eigenvalue weighted by Crippen LogP contribution is -2.32. The van der Waals surface area contributed by atoms with Gasteiger partial charge in [0.15, 0.2) is 0 Å². The third-order valence-electron chi connectivity index (χ3n) is 3.37. The van der Waals surface area contributed by atoms with Crippen LogP contribution >= 0.6 is 0 Å². The quantitative estimate of drug-likeness (QED) is 0.880. The van der Waals surface area contributed by atoms with E-state index in [0.717, 1.165) is 12.8 Å². The van der Waals surface area contributed by atoms with Gasteiger partial charge in [0.2, 0.25) is 0 Å². The molecule has 0 fully saturated rings. The third kappa shape index (κ3) is 4.22. The number of aromatic nitrogens is 1. The molecule has 0 spiro atoms. The molecule has 4 nitrogen and oxygen atoms in total. The monoisotopic (exact) mass is 280 g/mol. The molecule has 4 heteroatoms. The number of pyridine rings is 1. The van der Waals surface area contributed by atoms with Crippen molar-refractivity contribution in [1.82, 2.24) is 4.98 Å². The molecule has 0 amide bonds. The van der Waals surface area contributed by atoms with Crippen LogP contribution in [0.3, 0.4) is 0 Å². The fourth-order valence-corrected chi connectivity index (χ4v) is 2.15. The lowest BCUT2D eigenvalue weighted by atomic mass is 9.95. The Bertz CT molecular complexity index is 642. The normalized spacial score (nSPS) is 10.9. The molecule has 1 aromatic carbocycles. The molecule has 0 aliphatic carbocycles. The first kappa shape index (κ1) is 14.9. The Kier molecular flexibility index (Phi) is 4.44. The van der Waals surface area contributed by atoms with Crippen LogP contribution in [-0.2, 0) is 6.42 Å². The summed E-state index contributed by atoms with van der Waals surface area (Å²) in [7, 11) is 0.